The molecule has 4 rings (SSSR count). The van der Waals surface area contributed by atoms with Gasteiger partial charge in [0.2, 0.25) is 0 Å². The molecule has 0 spiro atoms. The first-order chi connectivity index (χ1) is 12.1. The number of amides is 1. The Morgan fingerprint density at radius 2 is 2.20 bits per heavy atom. The molecule has 0 unspecified atom stereocenters. The predicted molar refractivity (Wildman–Crippen MR) is 88.4 cm³/mol. The highest BCUT2D eigenvalue weighted by Gasteiger charge is 2.19. The van der Waals surface area contributed by atoms with Gasteiger partial charge in [-0.25, -0.2) is 19.6 Å². The fourth-order valence-corrected chi connectivity index (χ4v) is 2.58. The molecule has 0 aliphatic heterocycles. The first-order valence-corrected chi connectivity index (χ1v) is 7.48. The number of hydrogen-bond acceptors (Lipinski definition) is 7. The van der Waals surface area contributed by atoms with Crippen molar-refractivity contribution in [2.24, 2.45) is 0 Å². The van der Waals surface area contributed by atoms with Crippen LogP contribution in [0.1, 0.15) is 21.7 Å². The smallest absolute Gasteiger partial charge is 0.258 e. The van der Waals surface area contributed by atoms with Crippen LogP contribution >= 0.6 is 0 Å². The monoisotopic (exact) mass is 335 g/mol. The van der Waals surface area contributed by atoms with Crippen LogP contribution in [0.25, 0.3) is 16.9 Å². The average molecular weight is 335 g/mol. The second kappa shape index (κ2) is 5.78. The van der Waals surface area contributed by atoms with Gasteiger partial charge in [0, 0.05) is 11.9 Å². The molecule has 9 heteroatoms. The highest BCUT2D eigenvalue weighted by Crippen LogP contribution is 2.24. The Morgan fingerprint density at radius 3 is 3.00 bits per heavy atom. The molecule has 1 N–H and O–H groups in total. The van der Waals surface area contributed by atoms with E-state index in [2.05, 4.69) is 30.5 Å². The first-order valence-electron chi connectivity index (χ1n) is 7.48. The van der Waals surface area contributed by atoms with E-state index >= 15 is 0 Å². The number of fused-ring (bicyclic) bond motifs is 1. The van der Waals surface area contributed by atoms with Gasteiger partial charge in [0.25, 0.3) is 11.6 Å². The highest BCUT2D eigenvalue weighted by molar-refractivity contribution is 6.12. The number of hydrogen-bond donors (Lipinski definition) is 1. The molecule has 25 heavy (non-hydrogen) atoms. The number of anilines is 1. The lowest BCUT2D eigenvalue weighted by Crippen LogP contribution is -2.15. The van der Waals surface area contributed by atoms with Crippen LogP contribution in [0.15, 0.2) is 41.6 Å². The zero-order valence-electron chi connectivity index (χ0n) is 13.5. The van der Waals surface area contributed by atoms with Crippen molar-refractivity contribution < 1.29 is 9.32 Å². The minimum Gasteiger partial charge on any atom is -0.336 e. The van der Waals surface area contributed by atoms with E-state index in [-0.39, 0.29) is 5.91 Å². The largest absolute Gasteiger partial charge is 0.336 e. The summed E-state index contributed by atoms with van der Waals surface area (Å²) in [6.45, 7) is 3.56. The highest BCUT2D eigenvalue weighted by atomic mass is 16.5. The fourth-order valence-electron chi connectivity index (χ4n) is 2.58. The maximum absolute atomic E-state index is 12.9. The van der Waals surface area contributed by atoms with Gasteiger partial charge in [0.05, 0.1) is 22.3 Å². The Kier molecular flexibility index (Phi) is 3.46. The fraction of sp³-hybridized carbons (Fsp3) is 0.125. The second-order valence-electron chi connectivity index (χ2n) is 5.43. The molecule has 9 nitrogen and oxygen atoms in total. The number of carbonyl (C=O) groups is 1. The molecule has 1 amide bonds. The third-order valence-corrected chi connectivity index (χ3v) is 3.66. The average Bonchev–Trinajstić information content (AvgIpc) is 3.25. The summed E-state index contributed by atoms with van der Waals surface area (Å²) in [5.41, 5.74) is 2.56. The molecule has 124 valence electrons. The summed E-state index contributed by atoms with van der Waals surface area (Å²) in [6.07, 6.45) is 4.53. The van der Waals surface area contributed by atoms with E-state index in [4.69, 9.17) is 4.52 Å². The quantitative estimate of drug-likeness (QED) is 0.610. The molecule has 4 aromatic rings. The van der Waals surface area contributed by atoms with Gasteiger partial charge >= 0.3 is 0 Å². The minimum atomic E-state index is -0.309. The second-order valence-corrected chi connectivity index (χ2v) is 5.43. The molecule has 0 aliphatic rings. The van der Waals surface area contributed by atoms with E-state index in [1.54, 1.807) is 38.2 Å². The van der Waals surface area contributed by atoms with Crippen LogP contribution in [-0.2, 0) is 0 Å². The number of nitrogens with one attached hydrogen (secondary N) is 1. The zero-order valence-corrected chi connectivity index (χ0v) is 13.5. The summed E-state index contributed by atoms with van der Waals surface area (Å²) in [5.74, 6) is 0.161. The van der Waals surface area contributed by atoms with Crippen molar-refractivity contribution in [2.45, 2.75) is 13.8 Å². The number of rotatable bonds is 3. The molecular weight excluding hydrogens is 322 g/mol. The number of aryl methyl sites for hydroxylation is 2. The van der Waals surface area contributed by atoms with Gasteiger partial charge in [0.15, 0.2) is 5.82 Å². The van der Waals surface area contributed by atoms with Crippen molar-refractivity contribution >= 4 is 22.7 Å². The van der Waals surface area contributed by atoms with Crippen LogP contribution in [0.2, 0.25) is 0 Å². The van der Waals surface area contributed by atoms with Crippen molar-refractivity contribution in [1.29, 1.82) is 0 Å². The third kappa shape index (κ3) is 2.61. The van der Waals surface area contributed by atoms with Gasteiger partial charge in [-0.05, 0) is 32.0 Å². The summed E-state index contributed by atoms with van der Waals surface area (Å²) in [5, 5.41) is 11.4. The van der Waals surface area contributed by atoms with E-state index in [9.17, 15) is 4.79 Å². The van der Waals surface area contributed by atoms with Crippen LogP contribution in [0.5, 0.6) is 0 Å². The maximum Gasteiger partial charge on any atom is 0.258 e. The molecule has 0 saturated heterocycles. The summed E-state index contributed by atoms with van der Waals surface area (Å²) in [4.78, 5) is 25.3. The standard InChI is InChI=1S/C16H13N7O2/c1-9-6-11(13-10(2)22-25-16(13)20-9)15(24)21-12-4-3-5-18-14(12)23-8-17-7-19-23/h3-8H,1-2H3,(H,21,24). The molecule has 0 atom stereocenters. The van der Waals surface area contributed by atoms with E-state index in [1.807, 2.05) is 0 Å². The summed E-state index contributed by atoms with van der Waals surface area (Å²) >= 11 is 0. The third-order valence-electron chi connectivity index (χ3n) is 3.66. The summed E-state index contributed by atoms with van der Waals surface area (Å²) in [6, 6.07) is 5.18. The lowest BCUT2D eigenvalue weighted by molar-refractivity contribution is 0.102. The van der Waals surface area contributed by atoms with E-state index in [0.29, 0.717) is 39.6 Å². The normalized spacial score (nSPS) is 11.0. The summed E-state index contributed by atoms with van der Waals surface area (Å²) < 4.78 is 6.66. The molecule has 0 bridgehead atoms. The van der Waals surface area contributed by atoms with Gasteiger partial charge in [-0.2, -0.15) is 5.10 Å². The Morgan fingerprint density at radius 1 is 1.32 bits per heavy atom. The van der Waals surface area contributed by atoms with Gasteiger partial charge in [-0.1, -0.05) is 5.16 Å². The van der Waals surface area contributed by atoms with E-state index in [0.717, 1.165) is 0 Å². The van der Waals surface area contributed by atoms with Gasteiger partial charge in [0.1, 0.15) is 12.7 Å². The maximum atomic E-state index is 12.9. The first kappa shape index (κ1) is 14.9. The number of aromatic nitrogens is 6. The van der Waals surface area contributed by atoms with Crippen LogP contribution in [0.4, 0.5) is 5.69 Å². The Hall–Kier alpha value is -3.62. The van der Waals surface area contributed by atoms with Gasteiger partial charge < -0.3 is 9.84 Å². The topological polar surface area (TPSA) is 112 Å². The van der Waals surface area contributed by atoms with Crippen molar-refractivity contribution in [3.05, 3.63) is 54.0 Å². The molecule has 4 heterocycles. The molecule has 0 aromatic carbocycles. The number of nitrogens with zero attached hydrogens (tertiary/aromatic N) is 6. The van der Waals surface area contributed by atoms with Crippen LogP contribution in [0, 0.1) is 13.8 Å². The van der Waals surface area contributed by atoms with Crippen LogP contribution in [-0.4, -0.2) is 35.8 Å². The van der Waals surface area contributed by atoms with Gasteiger partial charge in [-0.15, -0.1) is 0 Å². The zero-order chi connectivity index (χ0) is 17.4. The molecule has 0 fully saturated rings. The molecule has 0 aliphatic carbocycles. The lowest BCUT2D eigenvalue weighted by Gasteiger charge is -2.10. The number of carbonyl (C=O) groups excluding carboxylic acids is 1. The SMILES string of the molecule is Cc1cc(C(=O)Nc2cccnc2-n2cncn2)c2c(C)noc2n1. The Balaban J connectivity index is 1.76. The van der Waals surface area contributed by atoms with Crippen molar-refractivity contribution in [1.82, 2.24) is 29.9 Å². The number of pyridine rings is 2. The molecular formula is C16H13N7O2. The van der Waals surface area contributed by atoms with Crippen molar-refractivity contribution in [3.8, 4) is 5.82 Å². The van der Waals surface area contributed by atoms with Crippen molar-refractivity contribution in [3.63, 3.8) is 0 Å². The van der Waals surface area contributed by atoms with E-state index in [1.165, 1.54) is 17.3 Å². The van der Waals surface area contributed by atoms with Gasteiger partial charge in [-0.3, -0.25) is 4.79 Å². The Bertz CT molecular complexity index is 1070. The molecule has 4 aromatic heterocycles. The minimum absolute atomic E-state index is 0.309. The van der Waals surface area contributed by atoms with Crippen LogP contribution < -0.4 is 5.32 Å². The lowest BCUT2D eigenvalue weighted by atomic mass is 10.1. The Labute approximate surface area is 141 Å². The molecule has 0 radical (unpaired) electrons. The van der Waals surface area contributed by atoms with Crippen LogP contribution in [0.3, 0.4) is 0 Å². The predicted octanol–water partition coefficient (Wildman–Crippen LogP) is 2.07. The summed E-state index contributed by atoms with van der Waals surface area (Å²) in [7, 11) is 0. The molecule has 0 saturated carbocycles. The van der Waals surface area contributed by atoms with Crippen molar-refractivity contribution in [2.75, 3.05) is 5.32 Å². The van der Waals surface area contributed by atoms with E-state index < -0.39 is 0 Å².